The summed E-state index contributed by atoms with van der Waals surface area (Å²) < 4.78 is 0. The smallest absolute Gasteiger partial charge is 0.0537 e. The van der Waals surface area contributed by atoms with Gasteiger partial charge in [0.1, 0.15) is 0 Å². The SMILES string of the molecule is C(=Cc1ccc2ccccc2c1Nc1c(C=Cc2ccccc2)ccc2ccccc12)c1ccccc1. The Hall–Kier alpha value is -4.88. The summed E-state index contributed by atoms with van der Waals surface area (Å²) >= 11 is 0. The van der Waals surface area contributed by atoms with E-state index in [1.165, 1.54) is 32.7 Å². The van der Waals surface area contributed by atoms with Gasteiger partial charge >= 0.3 is 0 Å². The lowest BCUT2D eigenvalue weighted by molar-refractivity contribution is 1.57. The zero-order valence-corrected chi connectivity index (χ0v) is 20.5. The Labute approximate surface area is 218 Å². The molecule has 0 unspecified atom stereocenters. The van der Waals surface area contributed by atoms with Gasteiger partial charge in [-0.05, 0) is 33.0 Å². The third-order valence-corrected chi connectivity index (χ3v) is 6.68. The zero-order valence-electron chi connectivity index (χ0n) is 20.5. The lowest BCUT2D eigenvalue weighted by Crippen LogP contribution is -1.98. The second-order valence-corrected chi connectivity index (χ2v) is 9.11. The molecule has 0 spiro atoms. The Bertz CT molecular complexity index is 1600. The zero-order chi connectivity index (χ0) is 24.9. The Kier molecular flexibility index (Phi) is 6.34. The minimum Gasteiger partial charge on any atom is -0.354 e. The van der Waals surface area contributed by atoms with Gasteiger partial charge in [-0.1, -0.05) is 158 Å². The second kappa shape index (κ2) is 10.4. The highest BCUT2D eigenvalue weighted by molar-refractivity contribution is 6.06. The summed E-state index contributed by atoms with van der Waals surface area (Å²) in [6.45, 7) is 0. The molecule has 0 atom stereocenters. The van der Waals surface area contributed by atoms with Crippen LogP contribution in [-0.4, -0.2) is 0 Å². The molecular weight excluding hydrogens is 446 g/mol. The van der Waals surface area contributed by atoms with Gasteiger partial charge in [-0.2, -0.15) is 0 Å². The van der Waals surface area contributed by atoms with Crippen LogP contribution in [0.2, 0.25) is 0 Å². The first-order valence-electron chi connectivity index (χ1n) is 12.6. The Morgan fingerprint density at radius 2 is 0.757 bits per heavy atom. The van der Waals surface area contributed by atoms with Crippen LogP contribution in [-0.2, 0) is 0 Å². The van der Waals surface area contributed by atoms with Crippen molar-refractivity contribution in [2.75, 3.05) is 5.32 Å². The first-order valence-corrected chi connectivity index (χ1v) is 12.6. The van der Waals surface area contributed by atoms with E-state index in [-0.39, 0.29) is 0 Å². The van der Waals surface area contributed by atoms with Crippen molar-refractivity contribution in [2.45, 2.75) is 0 Å². The third kappa shape index (κ3) is 4.94. The molecule has 0 saturated heterocycles. The molecule has 0 radical (unpaired) electrons. The van der Waals surface area contributed by atoms with Crippen molar-refractivity contribution in [2.24, 2.45) is 0 Å². The van der Waals surface area contributed by atoms with Gasteiger partial charge in [-0.3, -0.25) is 0 Å². The highest BCUT2D eigenvalue weighted by Gasteiger charge is 2.11. The van der Waals surface area contributed by atoms with Gasteiger partial charge in [0.05, 0.1) is 11.4 Å². The fraction of sp³-hybridized carbons (Fsp3) is 0. The van der Waals surface area contributed by atoms with Crippen LogP contribution in [0.25, 0.3) is 45.8 Å². The number of fused-ring (bicyclic) bond motifs is 2. The maximum atomic E-state index is 3.90. The van der Waals surface area contributed by atoms with Gasteiger partial charge in [-0.15, -0.1) is 0 Å². The third-order valence-electron chi connectivity index (χ3n) is 6.68. The molecule has 0 heterocycles. The van der Waals surface area contributed by atoms with Gasteiger partial charge < -0.3 is 5.32 Å². The minimum absolute atomic E-state index is 1.11. The van der Waals surface area contributed by atoms with E-state index in [4.69, 9.17) is 0 Å². The molecule has 0 aliphatic rings. The molecule has 37 heavy (non-hydrogen) atoms. The van der Waals surface area contributed by atoms with E-state index in [1.54, 1.807) is 0 Å². The van der Waals surface area contributed by atoms with E-state index in [2.05, 4.69) is 151 Å². The number of rotatable bonds is 6. The van der Waals surface area contributed by atoms with E-state index in [9.17, 15) is 0 Å². The van der Waals surface area contributed by atoms with Crippen LogP contribution in [0.4, 0.5) is 11.4 Å². The summed E-state index contributed by atoms with van der Waals surface area (Å²) in [4.78, 5) is 0. The van der Waals surface area contributed by atoms with Crippen molar-refractivity contribution in [3.63, 3.8) is 0 Å². The van der Waals surface area contributed by atoms with E-state index in [0.717, 1.165) is 22.5 Å². The van der Waals surface area contributed by atoms with E-state index in [0.29, 0.717) is 0 Å². The minimum atomic E-state index is 1.11. The number of hydrogen-bond acceptors (Lipinski definition) is 1. The molecule has 0 aliphatic heterocycles. The first kappa shape index (κ1) is 22.6. The van der Waals surface area contributed by atoms with E-state index >= 15 is 0 Å². The summed E-state index contributed by atoms with van der Waals surface area (Å²) in [5.74, 6) is 0. The number of anilines is 2. The van der Waals surface area contributed by atoms with Crippen LogP contribution >= 0.6 is 0 Å². The molecule has 1 nitrogen and oxygen atoms in total. The molecule has 1 heteroatoms. The van der Waals surface area contributed by atoms with Crippen LogP contribution in [0, 0.1) is 0 Å². The van der Waals surface area contributed by atoms with E-state index < -0.39 is 0 Å². The highest BCUT2D eigenvalue weighted by Crippen LogP contribution is 2.37. The largest absolute Gasteiger partial charge is 0.354 e. The first-order chi connectivity index (χ1) is 18.3. The molecule has 0 aliphatic carbocycles. The molecule has 0 amide bonds. The predicted octanol–water partition coefficient (Wildman–Crippen LogP) is 10.1. The average Bonchev–Trinajstić information content (AvgIpc) is 2.97. The summed E-state index contributed by atoms with van der Waals surface area (Å²) in [5.41, 5.74) is 6.87. The molecule has 0 fully saturated rings. The van der Waals surface area contributed by atoms with Crippen LogP contribution in [0.3, 0.4) is 0 Å². The normalized spacial score (nSPS) is 11.6. The van der Waals surface area contributed by atoms with E-state index in [1.807, 2.05) is 12.1 Å². The maximum Gasteiger partial charge on any atom is 0.0537 e. The Morgan fingerprint density at radius 1 is 0.351 bits per heavy atom. The number of nitrogens with one attached hydrogen (secondary N) is 1. The molecular formula is C36H27N. The van der Waals surface area contributed by atoms with Crippen LogP contribution < -0.4 is 5.32 Å². The molecule has 176 valence electrons. The number of benzene rings is 6. The Morgan fingerprint density at radius 3 is 1.22 bits per heavy atom. The molecule has 6 aromatic carbocycles. The van der Waals surface area contributed by atoms with Crippen molar-refractivity contribution in [3.05, 3.63) is 156 Å². The van der Waals surface area contributed by atoms with Crippen molar-refractivity contribution < 1.29 is 0 Å². The summed E-state index contributed by atoms with van der Waals surface area (Å²) in [5, 5.41) is 8.72. The summed E-state index contributed by atoms with van der Waals surface area (Å²) in [6.07, 6.45) is 8.76. The quantitative estimate of drug-likeness (QED) is 0.237. The van der Waals surface area contributed by atoms with Gasteiger partial charge in [0.25, 0.3) is 0 Å². The number of hydrogen-bond donors (Lipinski definition) is 1. The molecule has 0 aromatic heterocycles. The van der Waals surface area contributed by atoms with Gasteiger partial charge in [0.15, 0.2) is 0 Å². The molecule has 6 aromatic rings. The lowest BCUT2D eigenvalue weighted by Gasteiger charge is -2.18. The topological polar surface area (TPSA) is 12.0 Å². The van der Waals surface area contributed by atoms with Gasteiger partial charge in [0, 0.05) is 10.8 Å². The monoisotopic (exact) mass is 473 g/mol. The van der Waals surface area contributed by atoms with Crippen molar-refractivity contribution >= 4 is 57.2 Å². The molecule has 0 saturated carbocycles. The fourth-order valence-electron chi connectivity index (χ4n) is 4.76. The van der Waals surface area contributed by atoms with Crippen LogP contribution in [0.1, 0.15) is 22.3 Å². The summed E-state index contributed by atoms with van der Waals surface area (Å²) in [7, 11) is 0. The van der Waals surface area contributed by atoms with Gasteiger partial charge in [-0.25, -0.2) is 0 Å². The standard InChI is InChI=1S/C36H27N/c1-3-11-27(12-4-1)19-21-31-25-23-29-15-7-9-17-33(29)35(31)37-36-32(22-20-28-13-5-2-6-14-28)26-24-30-16-8-10-18-34(30)36/h1-26,37H. The van der Waals surface area contributed by atoms with Crippen molar-refractivity contribution in [1.29, 1.82) is 0 Å². The predicted molar refractivity (Wildman–Crippen MR) is 162 cm³/mol. The molecule has 0 bridgehead atoms. The van der Waals surface area contributed by atoms with Crippen LogP contribution in [0.5, 0.6) is 0 Å². The van der Waals surface area contributed by atoms with Crippen molar-refractivity contribution in [3.8, 4) is 0 Å². The fourth-order valence-corrected chi connectivity index (χ4v) is 4.76. The van der Waals surface area contributed by atoms with Crippen molar-refractivity contribution in [1.82, 2.24) is 0 Å². The Balaban J connectivity index is 1.51. The summed E-state index contributed by atoms with van der Waals surface area (Å²) in [6, 6.07) is 46.8. The lowest BCUT2D eigenvalue weighted by atomic mass is 9.99. The molecule has 1 N–H and O–H groups in total. The van der Waals surface area contributed by atoms with Gasteiger partial charge in [0.2, 0.25) is 0 Å². The maximum absolute atomic E-state index is 3.90. The highest BCUT2D eigenvalue weighted by atomic mass is 14.9. The second-order valence-electron chi connectivity index (χ2n) is 9.11. The average molecular weight is 474 g/mol. The molecule has 6 rings (SSSR count). The van der Waals surface area contributed by atoms with Crippen LogP contribution in [0.15, 0.2) is 133 Å².